The molecule has 1 rings (SSSR count). The highest BCUT2D eigenvalue weighted by Gasteiger charge is 2.17. The van der Waals surface area contributed by atoms with E-state index in [0.717, 1.165) is 17.5 Å². The van der Waals surface area contributed by atoms with E-state index in [0.29, 0.717) is 12.0 Å². The highest BCUT2D eigenvalue weighted by molar-refractivity contribution is 5.98. The van der Waals surface area contributed by atoms with E-state index in [4.69, 9.17) is 10.9 Å². The third-order valence-corrected chi connectivity index (χ3v) is 2.84. The minimum atomic E-state index is -0.441. The number of nitrogens with zero attached hydrogens (tertiary/aromatic N) is 1. The lowest BCUT2D eigenvalue weighted by molar-refractivity contribution is 0.0944. The predicted molar refractivity (Wildman–Crippen MR) is 75.5 cm³/mol. The van der Waals surface area contributed by atoms with Crippen molar-refractivity contribution in [2.75, 3.05) is 0 Å². The molecular formula is C14H21N3O2. The molecule has 5 heteroatoms. The second-order valence-electron chi connectivity index (χ2n) is 4.72. The van der Waals surface area contributed by atoms with Crippen LogP contribution in [0.15, 0.2) is 23.4 Å². The summed E-state index contributed by atoms with van der Waals surface area (Å²) in [6, 6.07) is 5.20. The van der Waals surface area contributed by atoms with Gasteiger partial charge in [-0.3, -0.25) is 4.79 Å². The van der Waals surface area contributed by atoms with Crippen LogP contribution in [0, 0.1) is 13.8 Å². The van der Waals surface area contributed by atoms with Gasteiger partial charge in [0.1, 0.15) is 0 Å². The molecule has 0 spiro atoms. The van der Waals surface area contributed by atoms with E-state index in [-0.39, 0.29) is 11.7 Å². The maximum atomic E-state index is 12.2. The fourth-order valence-electron chi connectivity index (χ4n) is 2.00. The van der Waals surface area contributed by atoms with Crippen molar-refractivity contribution in [2.45, 2.75) is 39.7 Å². The van der Waals surface area contributed by atoms with Crippen LogP contribution in [0.5, 0.6) is 0 Å². The Bertz CT molecular complexity index is 463. The van der Waals surface area contributed by atoms with Crippen LogP contribution in [0.4, 0.5) is 0 Å². The Labute approximate surface area is 113 Å². The molecule has 0 saturated heterocycles. The number of benzene rings is 1. The quantitative estimate of drug-likeness (QED) is 0.328. The van der Waals surface area contributed by atoms with Crippen LogP contribution in [0.2, 0.25) is 0 Å². The smallest absolute Gasteiger partial charge is 0.251 e. The zero-order valence-corrected chi connectivity index (χ0v) is 11.6. The third-order valence-electron chi connectivity index (χ3n) is 2.84. The van der Waals surface area contributed by atoms with Crippen LogP contribution >= 0.6 is 0 Å². The first kappa shape index (κ1) is 15.0. The fraction of sp³-hybridized carbons (Fsp3) is 0.429. The SMILES string of the molecule is CCCC(NC(=O)c1cc(C)cc(C)c1)/C(N)=N/O. The van der Waals surface area contributed by atoms with Gasteiger partial charge >= 0.3 is 0 Å². The maximum absolute atomic E-state index is 12.2. The summed E-state index contributed by atoms with van der Waals surface area (Å²) in [4.78, 5) is 12.2. The van der Waals surface area contributed by atoms with Gasteiger partial charge < -0.3 is 16.3 Å². The second kappa shape index (κ2) is 6.78. The van der Waals surface area contributed by atoms with E-state index in [1.807, 2.05) is 39.0 Å². The predicted octanol–water partition coefficient (Wildman–Crippen LogP) is 1.95. The number of hydrogen-bond acceptors (Lipinski definition) is 3. The number of rotatable bonds is 5. The summed E-state index contributed by atoms with van der Waals surface area (Å²) < 4.78 is 0. The summed E-state index contributed by atoms with van der Waals surface area (Å²) in [6.07, 6.45) is 1.46. The van der Waals surface area contributed by atoms with Crippen LogP contribution in [-0.2, 0) is 0 Å². The Kier molecular flexibility index (Phi) is 5.36. The van der Waals surface area contributed by atoms with E-state index in [1.165, 1.54) is 0 Å². The van der Waals surface area contributed by atoms with Crippen molar-refractivity contribution in [3.8, 4) is 0 Å². The van der Waals surface area contributed by atoms with E-state index in [2.05, 4.69) is 10.5 Å². The molecule has 0 fully saturated rings. The zero-order valence-electron chi connectivity index (χ0n) is 11.6. The number of aryl methyl sites for hydroxylation is 2. The fourth-order valence-corrected chi connectivity index (χ4v) is 2.00. The molecule has 4 N–H and O–H groups in total. The number of carbonyl (C=O) groups is 1. The number of hydrogen-bond donors (Lipinski definition) is 3. The molecule has 19 heavy (non-hydrogen) atoms. The van der Waals surface area contributed by atoms with Gasteiger partial charge in [-0.25, -0.2) is 0 Å². The Hall–Kier alpha value is -2.04. The molecule has 1 unspecified atom stereocenters. The number of amides is 1. The summed E-state index contributed by atoms with van der Waals surface area (Å²) in [6.45, 7) is 5.86. The van der Waals surface area contributed by atoms with Gasteiger partial charge in [-0.15, -0.1) is 0 Å². The first-order valence-electron chi connectivity index (χ1n) is 6.34. The average molecular weight is 263 g/mol. The van der Waals surface area contributed by atoms with Crippen LogP contribution in [0.3, 0.4) is 0 Å². The molecule has 0 heterocycles. The van der Waals surface area contributed by atoms with Crippen LogP contribution in [0.1, 0.15) is 41.3 Å². The van der Waals surface area contributed by atoms with Gasteiger partial charge in [-0.2, -0.15) is 0 Å². The molecule has 1 aromatic carbocycles. The van der Waals surface area contributed by atoms with E-state index in [1.54, 1.807) is 0 Å². The average Bonchev–Trinajstić information content (AvgIpc) is 2.36. The molecule has 0 bridgehead atoms. The lowest BCUT2D eigenvalue weighted by Crippen LogP contribution is -2.44. The Balaban J connectivity index is 2.87. The second-order valence-corrected chi connectivity index (χ2v) is 4.72. The third kappa shape index (κ3) is 4.28. The topological polar surface area (TPSA) is 87.7 Å². The highest BCUT2D eigenvalue weighted by atomic mass is 16.4. The minimum Gasteiger partial charge on any atom is -0.409 e. The van der Waals surface area contributed by atoms with Gasteiger partial charge in [-0.05, 0) is 32.4 Å². The van der Waals surface area contributed by atoms with E-state index >= 15 is 0 Å². The monoisotopic (exact) mass is 263 g/mol. The van der Waals surface area contributed by atoms with Gasteiger partial charge in [0, 0.05) is 5.56 Å². The van der Waals surface area contributed by atoms with Crippen LogP contribution in [0.25, 0.3) is 0 Å². The Morgan fingerprint density at radius 1 is 1.37 bits per heavy atom. The van der Waals surface area contributed by atoms with Crippen molar-refractivity contribution in [1.82, 2.24) is 5.32 Å². The number of oxime groups is 1. The largest absolute Gasteiger partial charge is 0.409 e. The number of carbonyl (C=O) groups excluding carboxylic acids is 1. The molecule has 1 aromatic rings. The molecule has 0 aliphatic heterocycles. The lowest BCUT2D eigenvalue weighted by atomic mass is 10.1. The van der Waals surface area contributed by atoms with Gasteiger partial charge in [0.2, 0.25) is 0 Å². The molecular weight excluding hydrogens is 242 g/mol. The first-order valence-corrected chi connectivity index (χ1v) is 6.34. The summed E-state index contributed by atoms with van der Waals surface area (Å²) in [7, 11) is 0. The number of nitrogens with two attached hydrogens (primary N) is 1. The summed E-state index contributed by atoms with van der Waals surface area (Å²) in [5, 5.41) is 14.5. The first-order chi connectivity index (χ1) is 8.97. The van der Waals surface area contributed by atoms with Crippen molar-refractivity contribution in [3.05, 3.63) is 34.9 Å². The van der Waals surface area contributed by atoms with Crippen LogP contribution in [-0.4, -0.2) is 23.0 Å². The zero-order chi connectivity index (χ0) is 14.4. The van der Waals surface area contributed by atoms with Crippen molar-refractivity contribution in [1.29, 1.82) is 0 Å². The molecule has 0 radical (unpaired) electrons. The Morgan fingerprint density at radius 2 is 1.95 bits per heavy atom. The van der Waals surface area contributed by atoms with Crippen LogP contribution < -0.4 is 11.1 Å². The normalized spacial score (nSPS) is 13.1. The molecule has 1 atom stereocenters. The molecule has 0 aromatic heterocycles. The van der Waals surface area contributed by atoms with E-state index < -0.39 is 6.04 Å². The van der Waals surface area contributed by atoms with Crippen molar-refractivity contribution < 1.29 is 10.0 Å². The standard InChI is InChI=1S/C14H21N3O2/c1-4-5-12(13(15)17-19)16-14(18)11-7-9(2)6-10(3)8-11/h6-8,12,19H,4-5H2,1-3H3,(H2,15,17)(H,16,18). The van der Waals surface area contributed by atoms with Gasteiger partial charge in [0.05, 0.1) is 6.04 Å². The highest BCUT2D eigenvalue weighted by Crippen LogP contribution is 2.09. The van der Waals surface area contributed by atoms with Gasteiger partial charge in [0.25, 0.3) is 5.91 Å². The van der Waals surface area contributed by atoms with Gasteiger partial charge in [0.15, 0.2) is 5.84 Å². The molecule has 104 valence electrons. The Morgan fingerprint density at radius 3 is 2.42 bits per heavy atom. The minimum absolute atomic E-state index is 0.0274. The molecule has 0 aliphatic rings. The van der Waals surface area contributed by atoms with Gasteiger partial charge in [-0.1, -0.05) is 35.7 Å². The van der Waals surface area contributed by atoms with Crippen molar-refractivity contribution >= 4 is 11.7 Å². The molecule has 1 amide bonds. The molecule has 0 saturated carbocycles. The number of amidine groups is 1. The maximum Gasteiger partial charge on any atom is 0.251 e. The van der Waals surface area contributed by atoms with E-state index in [9.17, 15) is 4.79 Å². The summed E-state index contributed by atoms with van der Waals surface area (Å²) in [5.41, 5.74) is 8.22. The summed E-state index contributed by atoms with van der Waals surface area (Å²) in [5.74, 6) is -0.184. The van der Waals surface area contributed by atoms with Crippen molar-refractivity contribution in [3.63, 3.8) is 0 Å². The molecule has 5 nitrogen and oxygen atoms in total. The number of nitrogens with one attached hydrogen (secondary N) is 1. The summed E-state index contributed by atoms with van der Waals surface area (Å²) >= 11 is 0. The van der Waals surface area contributed by atoms with Crippen molar-refractivity contribution in [2.24, 2.45) is 10.9 Å². The molecule has 0 aliphatic carbocycles. The lowest BCUT2D eigenvalue weighted by Gasteiger charge is -2.17.